The lowest BCUT2D eigenvalue weighted by atomic mass is 10.0. The maximum atomic E-state index is 12.0. The van der Waals surface area contributed by atoms with Crippen molar-refractivity contribution in [1.82, 2.24) is 24.7 Å². The minimum Gasteiger partial charge on any atom is -0.390 e. The van der Waals surface area contributed by atoms with Crippen LogP contribution in [0.25, 0.3) is 0 Å². The van der Waals surface area contributed by atoms with E-state index in [2.05, 4.69) is 10.3 Å². The van der Waals surface area contributed by atoms with Gasteiger partial charge in [0.05, 0.1) is 18.7 Å². The van der Waals surface area contributed by atoms with Crippen LogP contribution in [0, 0.1) is 0 Å². The maximum absolute atomic E-state index is 12.0. The summed E-state index contributed by atoms with van der Waals surface area (Å²) in [6, 6.07) is 1.18. The number of amides is 2. The summed E-state index contributed by atoms with van der Waals surface area (Å²) in [6.07, 6.45) is 2.63. The second-order valence-corrected chi connectivity index (χ2v) is 6.08. The highest BCUT2D eigenvalue weighted by atomic mass is 16.3. The van der Waals surface area contributed by atoms with E-state index in [1.165, 1.54) is 21.9 Å². The largest absolute Gasteiger partial charge is 0.390 e. The van der Waals surface area contributed by atoms with E-state index in [0.29, 0.717) is 19.5 Å². The number of aliphatic hydroxyl groups is 1. The van der Waals surface area contributed by atoms with E-state index in [9.17, 15) is 19.5 Å². The zero-order valence-electron chi connectivity index (χ0n) is 13.9. The number of rotatable bonds is 5. The summed E-state index contributed by atoms with van der Waals surface area (Å²) in [4.78, 5) is 42.2. The molecule has 1 aromatic rings. The molecular weight excluding hydrogens is 314 g/mol. The van der Waals surface area contributed by atoms with Gasteiger partial charge in [0.25, 0.3) is 0 Å². The molecule has 2 rings (SSSR count). The summed E-state index contributed by atoms with van der Waals surface area (Å²) in [7, 11) is 3.37. The van der Waals surface area contributed by atoms with Gasteiger partial charge in [-0.15, -0.1) is 0 Å². The molecule has 1 saturated heterocycles. The Hall–Kier alpha value is -2.26. The fraction of sp³-hybridized carbons (Fsp3) is 0.600. The minimum absolute atomic E-state index is 0.0272. The molecule has 0 spiro atoms. The summed E-state index contributed by atoms with van der Waals surface area (Å²) in [5, 5.41) is 12.9. The van der Waals surface area contributed by atoms with Gasteiger partial charge in [0.15, 0.2) is 0 Å². The third kappa shape index (κ3) is 4.87. The predicted octanol–water partition coefficient (Wildman–Crippen LogP) is -2.12. The van der Waals surface area contributed by atoms with Crippen molar-refractivity contribution in [3.05, 3.63) is 28.9 Å². The lowest BCUT2D eigenvalue weighted by Gasteiger charge is -2.36. The summed E-state index contributed by atoms with van der Waals surface area (Å²) in [6.45, 7) is 1.03. The molecule has 0 saturated carbocycles. The first-order valence-electron chi connectivity index (χ1n) is 7.78. The fourth-order valence-electron chi connectivity index (χ4n) is 2.56. The Balaban J connectivity index is 1.84. The summed E-state index contributed by atoms with van der Waals surface area (Å²) >= 11 is 0. The zero-order valence-corrected chi connectivity index (χ0v) is 13.9. The number of hydrogen-bond acceptors (Lipinski definition) is 6. The van der Waals surface area contributed by atoms with Crippen molar-refractivity contribution >= 4 is 11.8 Å². The summed E-state index contributed by atoms with van der Waals surface area (Å²) in [5.41, 5.74) is -0.495. The Morgan fingerprint density at radius 2 is 2.17 bits per heavy atom. The topological polar surface area (TPSA) is 108 Å². The Labute approximate surface area is 139 Å². The summed E-state index contributed by atoms with van der Waals surface area (Å²) in [5.74, 6) is -0.382. The maximum Gasteiger partial charge on any atom is 0.347 e. The van der Waals surface area contributed by atoms with Gasteiger partial charge < -0.3 is 15.3 Å². The van der Waals surface area contributed by atoms with Crippen molar-refractivity contribution in [1.29, 1.82) is 0 Å². The van der Waals surface area contributed by atoms with Crippen LogP contribution in [-0.4, -0.2) is 82.1 Å². The first kappa shape index (κ1) is 18.1. The molecule has 2 amide bonds. The summed E-state index contributed by atoms with van der Waals surface area (Å²) < 4.78 is 1.20. The molecule has 2 heterocycles. The van der Waals surface area contributed by atoms with Crippen LogP contribution in [-0.2, 0) is 16.1 Å². The molecule has 24 heavy (non-hydrogen) atoms. The second kappa shape index (κ2) is 8.02. The molecule has 0 radical (unpaired) electrons. The van der Waals surface area contributed by atoms with E-state index in [1.54, 1.807) is 20.2 Å². The number of piperidine rings is 1. The third-order valence-electron chi connectivity index (χ3n) is 3.97. The number of likely N-dealkylation sites (N-methyl/N-ethyl adjacent to an activating group) is 1. The molecule has 9 heteroatoms. The van der Waals surface area contributed by atoms with Crippen molar-refractivity contribution in [3.8, 4) is 0 Å². The minimum atomic E-state index is -0.761. The Bertz CT molecular complexity index is 645. The van der Waals surface area contributed by atoms with Crippen LogP contribution in [0.4, 0.5) is 0 Å². The number of carbonyl (C=O) groups is 2. The highest BCUT2D eigenvalue weighted by Gasteiger charge is 2.29. The van der Waals surface area contributed by atoms with E-state index in [4.69, 9.17) is 0 Å². The zero-order chi connectivity index (χ0) is 17.7. The normalized spacial score (nSPS) is 21.3. The number of aromatic nitrogens is 2. The van der Waals surface area contributed by atoms with Crippen LogP contribution in [0.1, 0.15) is 6.42 Å². The van der Waals surface area contributed by atoms with Gasteiger partial charge >= 0.3 is 5.69 Å². The average Bonchev–Trinajstić information content (AvgIpc) is 2.52. The van der Waals surface area contributed by atoms with E-state index in [-0.39, 0.29) is 24.9 Å². The fourth-order valence-corrected chi connectivity index (χ4v) is 2.56. The molecule has 0 aliphatic carbocycles. The molecule has 0 unspecified atom stereocenters. The van der Waals surface area contributed by atoms with Gasteiger partial charge in [0.2, 0.25) is 11.8 Å². The number of hydrogen-bond donors (Lipinski definition) is 2. The lowest BCUT2D eigenvalue weighted by Crippen LogP contribution is -2.56. The molecular formula is C15H23N5O4. The molecule has 0 aromatic carbocycles. The number of carbonyl (C=O) groups excluding carboxylic acids is 2. The molecule has 9 nitrogen and oxygen atoms in total. The molecule has 2 atom stereocenters. The smallest absolute Gasteiger partial charge is 0.347 e. The highest BCUT2D eigenvalue weighted by molar-refractivity contribution is 5.77. The Morgan fingerprint density at radius 3 is 2.79 bits per heavy atom. The van der Waals surface area contributed by atoms with E-state index < -0.39 is 17.8 Å². The molecule has 1 aromatic heterocycles. The van der Waals surface area contributed by atoms with E-state index >= 15 is 0 Å². The lowest BCUT2D eigenvalue weighted by molar-refractivity contribution is -0.131. The van der Waals surface area contributed by atoms with Crippen LogP contribution in [0.5, 0.6) is 0 Å². The van der Waals surface area contributed by atoms with Crippen LogP contribution in [0.3, 0.4) is 0 Å². The van der Waals surface area contributed by atoms with Gasteiger partial charge in [-0.2, -0.15) is 0 Å². The monoisotopic (exact) mass is 337 g/mol. The van der Waals surface area contributed by atoms with Crippen molar-refractivity contribution in [2.24, 2.45) is 0 Å². The first-order valence-corrected chi connectivity index (χ1v) is 7.78. The van der Waals surface area contributed by atoms with Crippen molar-refractivity contribution in [2.45, 2.75) is 25.1 Å². The number of β-amino-alcohol motifs (C(OH)–C–C–N with tert-alkyl or cyclic N) is 1. The van der Waals surface area contributed by atoms with Crippen LogP contribution >= 0.6 is 0 Å². The Kier molecular flexibility index (Phi) is 6.04. The standard InChI is InChI=1S/C15H23N5O4/c1-18(2)14(23)10-19-7-4-11(12(21)8-19)17-13(22)9-20-6-3-5-16-15(20)24/h3,5-6,11-12,21H,4,7-10H2,1-2H3,(H,17,22)/t11-,12-/m1/s1. The number of likely N-dealkylation sites (tertiary alicyclic amines) is 1. The van der Waals surface area contributed by atoms with Crippen molar-refractivity contribution < 1.29 is 14.7 Å². The van der Waals surface area contributed by atoms with Gasteiger partial charge in [-0.05, 0) is 12.5 Å². The van der Waals surface area contributed by atoms with Gasteiger partial charge in [-0.1, -0.05) is 0 Å². The van der Waals surface area contributed by atoms with Gasteiger partial charge in [-0.3, -0.25) is 19.1 Å². The molecule has 1 fully saturated rings. The number of nitrogens with zero attached hydrogens (tertiary/aromatic N) is 4. The van der Waals surface area contributed by atoms with Crippen molar-refractivity contribution in [2.75, 3.05) is 33.7 Å². The first-order chi connectivity index (χ1) is 11.4. The Morgan fingerprint density at radius 1 is 1.42 bits per heavy atom. The molecule has 0 bridgehead atoms. The van der Waals surface area contributed by atoms with Crippen LogP contribution in [0.15, 0.2) is 23.3 Å². The quantitative estimate of drug-likeness (QED) is 0.636. The molecule has 1 aliphatic rings. The van der Waals surface area contributed by atoms with Gasteiger partial charge in [0.1, 0.15) is 6.54 Å². The highest BCUT2D eigenvalue weighted by Crippen LogP contribution is 2.11. The van der Waals surface area contributed by atoms with Crippen LogP contribution < -0.4 is 11.0 Å². The molecule has 1 aliphatic heterocycles. The second-order valence-electron chi connectivity index (χ2n) is 6.08. The number of aliphatic hydroxyl groups excluding tert-OH is 1. The number of nitrogens with one attached hydrogen (secondary N) is 1. The van der Waals surface area contributed by atoms with E-state index in [0.717, 1.165) is 0 Å². The van der Waals surface area contributed by atoms with Gasteiger partial charge in [0, 0.05) is 39.6 Å². The SMILES string of the molecule is CN(C)C(=O)CN1CC[C@@H](NC(=O)Cn2cccnc2=O)[C@H](O)C1. The van der Waals surface area contributed by atoms with Crippen molar-refractivity contribution in [3.63, 3.8) is 0 Å². The average molecular weight is 337 g/mol. The van der Waals surface area contributed by atoms with E-state index in [1.807, 2.05) is 4.90 Å². The molecule has 2 N–H and O–H groups in total. The molecule has 132 valence electrons. The third-order valence-corrected chi connectivity index (χ3v) is 3.97. The predicted molar refractivity (Wildman–Crippen MR) is 86.2 cm³/mol. The van der Waals surface area contributed by atoms with Gasteiger partial charge in [-0.25, -0.2) is 9.78 Å². The van der Waals surface area contributed by atoms with Crippen LogP contribution in [0.2, 0.25) is 0 Å².